The van der Waals surface area contributed by atoms with Gasteiger partial charge >= 0.3 is 0 Å². The maximum Gasteiger partial charge on any atom is 0.0591 e. The first-order valence-corrected chi connectivity index (χ1v) is 5.95. The van der Waals surface area contributed by atoms with Gasteiger partial charge in [-0.15, -0.1) is 0 Å². The van der Waals surface area contributed by atoms with Crippen LogP contribution in [-0.2, 0) is 0 Å². The molecule has 1 rings (SSSR count). The molecular weight excluding hydrogens is 174 g/mol. The average molecular weight is 199 g/mol. The van der Waals surface area contributed by atoms with Crippen LogP contribution in [0.1, 0.15) is 52.9 Å². The molecule has 1 aliphatic rings. The molecule has 1 saturated heterocycles. The van der Waals surface area contributed by atoms with E-state index in [0.717, 1.165) is 12.8 Å². The molecule has 1 unspecified atom stereocenters. The molecule has 0 spiro atoms. The molecule has 0 amide bonds. The molecule has 84 valence electrons. The number of likely N-dealkylation sites (tertiary alicyclic amines) is 1. The zero-order chi connectivity index (χ0) is 10.6. The van der Waals surface area contributed by atoms with Gasteiger partial charge in [-0.3, -0.25) is 0 Å². The van der Waals surface area contributed by atoms with Crippen molar-refractivity contribution in [1.82, 2.24) is 4.90 Å². The molecule has 1 atom stereocenters. The molecule has 2 heteroatoms. The molecular formula is C12H25NO. The third-order valence-electron chi connectivity index (χ3n) is 3.17. The Balaban J connectivity index is 2.11. The van der Waals surface area contributed by atoms with Crippen molar-refractivity contribution in [2.45, 2.75) is 64.5 Å². The van der Waals surface area contributed by atoms with Gasteiger partial charge in [0.15, 0.2) is 0 Å². The highest BCUT2D eigenvalue weighted by Crippen LogP contribution is 2.18. The summed E-state index contributed by atoms with van der Waals surface area (Å²) in [5.74, 6) is 0. The third kappa shape index (κ3) is 4.43. The van der Waals surface area contributed by atoms with Gasteiger partial charge in [-0.05, 0) is 66.0 Å². The van der Waals surface area contributed by atoms with E-state index in [4.69, 9.17) is 0 Å². The molecule has 1 heterocycles. The highest BCUT2D eigenvalue weighted by molar-refractivity contribution is 4.74. The summed E-state index contributed by atoms with van der Waals surface area (Å²) in [6.07, 6.45) is 6.03. The zero-order valence-corrected chi connectivity index (χ0v) is 9.92. The van der Waals surface area contributed by atoms with Crippen LogP contribution in [0.25, 0.3) is 0 Å². The van der Waals surface area contributed by atoms with Crippen LogP contribution < -0.4 is 0 Å². The lowest BCUT2D eigenvalue weighted by Crippen LogP contribution is -2.30. The summed E-state index contributed by atoms with van der Waals surface area (Å²) in [4.78, 5) is 2.57. The zero-order valence-electron chi connectivity index (χ0n) is 9.92. The van der Waals surface area contributed by atoms with Crippen molar-refractivity contribution in [3.05, 3.63) is 0 Å². The molecule has 14 heavy (non-hydrogen) atoms. The van der Waals surface area contributed by atoms with Crippen molar-refractivity contribution in [1.29, 1.82) is 0 Å². The minimum absolute atomic E-state index is 0.481. The first kappa shape index (κ1) is 12.0. The van der Waals surface area contributed by atoms with Crippen LogP contribution in [0, 0.1) is 0 Å². The summed E-state index contributed by atoms with van der Waals surface area (Å²) < 4.78 is 0. The fraction of sp³-hybridized carbons (Fsp3) is 1.00. The lowest BCUT2D eigenvalue weighted by molar-refractivity contribution is 0.0657. The van der Waals surface area contributed by atoms with Crippen molar-refractivity contribution >= 4 is 0 Å². The monoisotopic (exact) mass is 199 g/mol. The van der Waals surface area contributed by atoms with Gasteiger partial charge in [0, 0.05) is 6.04 Å². The highest BCUT2D eigenvalue weighted by atomic mass is 16.3. The molecule has 1 fully saturated rings. The van der Waals surface area contributed by atoms with E-state index < -0.39 is 5.60 Å². The second kappa shape index (κ2) is 5.13. The SMILES string of the molecule is CC(CCCC(C)(C)O)N1CCCC1. The van der Waals surface area contributed by atoms with Gasteiger partial charge in [0.2, 0.25) is 0 Å². The average Bonchev–Trinajstić information content (AvgIpc) is 2.53. The summed E-state index contributed by atoms with van der Waals surface area (Å²) in [6, 6.07) is 0.708. The minimum Gasteiger partial charge on any atom is -0.390 e. The third-order valence-corrected chi connectivity index (χ3v) is 3.17. The van der Waals surface area contributed by atoms with Gasteiger partial charge in [-0.2, -0.15) is 0 Å². The second-order valence-corrected chi connectivity index (χ2v) is 5.30. The van der Waals surface area contributed by atoms with Crippen LogP contribution in [-0.4, -0.2) is 34.7 Å². The lowest BCUT2D eigenvalue weighted by Gasteiger charge is -2.25. The van der Waals surface area contributed by atoms with Crippen molar-refractivity contribution < 1.29 is 5.11 Å². The fourth-order valence-electron chi connectivity index (χ4n) is 2.20. The lowest BCUT2D eigenvalue weighted by atomic mass is 9.99. The van der Waals surface area contributed by atoms with E-state index >= 15 is 0 Å². The number of rotatable bonds is 5. The van der Waals surface area contributed by atoms with E-state index in [-0.39, 0.29) is 0 Å². The van der Waals surface area contributed by atoms with E-state index in [9.17, 15) is 5.11 Å². The van der Waals surface area contributed by atoms with Crippen LogP contribution in [0.5, 0.6) is 0 Å². The van der Waals surface area contributed by atoms with Crippen molar-refractivity contribution in [2.75, 3.05) is 13.1 Å². The normalized spacial score (nSPS) is 21.4. The molecule has 0 aliphatic carbocycles. The molecule has 0 radical (unpaired) electrons. The molecule has 0 bridgehead atoms. The Bertz CT molecular complexity index is 156. The van der Waals surface area contributed by atoms with Crippen molar-refractivity contribution in [3.8, 4) is 0 Å². The summed E-state index contributed by atoms with van der Waals surface area (Å²) in [5.41, 5.74) is -0.481. The smallest absolute Gasteiger partial charge is 0.0591 e. The van der Waals surface area contributed by atoms with Crippen LogP contribution in [0.15, 0.2) is 0 Å². The maximum absolute atomic E-state index is 9.58. The number of hydrogen-bond acceptors (Lipinski definition) is 2. The Hall–Kier alpha value is -0.0800. The van der Waals surface area contributed by atoms with Crippen molar-refractivity contribution in [3.63, 3.8) is 0 Å². The first-order valence-electron chi connectivity index (χ1n) is 5.95. The Morgan fingerprint density at radius 3 is 2.36 bits per heavy atom. The number of aliphatic hydroxyl groups is 1. The summed E-state index contributed by atoms with van der Waals surface area (Å²) in [7, 11) is 0. The first-order chi connectivity index (χ1) is 6.49. The molecule has 0 saturated carbocycles. The highest BCUT2D eigenvalue weighted by Gasteiger charge is 2.19. The number of hydrogen-bond donors (Lipinski definition) is 1. The van der Waals surface area contributed by atoms with Gasteiger partial charge in [-0.25, -0.2) is 0 Å². The molecule has 0 aromatic heterocycles. The predicted octanol–water partition coefficient (Wildman–Crippen LogP) is 2.41. The van der Waals surface area contributed by atoms with Gasteiger partial charge in [-0.1, -0.05) is 0 Å². The van der Waals surface area contributed by atoms with Crippen LogP contribution >= 0.6 is 0 Å². The quantitative estimate of drug-likeness (QED) is 0.735. The topological polar surface area (TPSA) is 23.5 Å². The van der Waals surface area contributed by atoms with E-state index in [1.54, 1.807) is 0 Å². The Morgan fingerprint density at radius 1 is 1.29 bits per heavy atom. The maximum atomic E-state index is 9.58. The Morgan fingerprint density at radius 2 is 1.86 bits per heavy atom. The van der Waals surface area contributed by atoms with E-state index in [2.05, 4.69) is 11.8 Å². The van der Waals surface area contributed by atoms with Crippen LogP contribution in [0.4, 0.5) is 0 Å². The van der Waals surface area contributed by atoms with Crippen LogP contribution in [0.3, 0.4) is 0 Å². The van der Waals surface area contributed by atoms with Crippen LogP contribution in [0.2, 0.25) is 0 Å². The molecule has 1 N–H and O–H groups in total. The summed E-state index contributed by atoms with van der Waals surface area (Å²) >= 11 is 0. The Kier molecular flexibility index (Phi) is 4.39. The van der Waals surface area contributed by atoms with Gasteiger partial charge in [0.05, 0.1) is 5.60 Å². The Labute approximate surface area is 88.3 Å². The summed E-state index contributed by atoms with van der Waals surface area (Å²) in [5, 5.41) is 9.58. The fourth-order valence-corrected chi connectivity index (χ4v) is 2.20. The second-order valence-electron chi connectivity index (χ2n) is 5.30. The van der Waals surface area contributed by atoms with E-state index in [1.165, 1.54) is 32.4 Å². The molecule has 2 nitrogen and oxygen atoms in total. The van der Waals surface area contributed by atoms with Gasteiger partial charge in [0.25, 0.3) is 0 Å². The van der Waals surface area contributed by atoms with E-state index in [1.807, 2.05) is 13.8 Å². The van der Waals surface area contributed by atoms with Gasteiger partial charge in [0.1, 0.15) is 0 Å². The minimum atomic E-state index is -0.481. The standard InChI is InChI=1S/C12H25NO/c1-11(13-9-4-5-10-13)7-6-8-12(2,3)14/h11,14H,4-10H2,1-3H3. The number of nitrogens with zero attached hydrogens (tertiary/aromatic N) is 1. The van der Waals surface area contributed by atoms with Crippen molar-refractivity contribution in [2.24, 2.45) is 0 Å². The molecule has 1 aliphatic heterocycles. The summed E-state index contributed by atoms with van der Waals surface area (Å²) in [6.45, 7) is 8.67. The largest absolute Gasteiger partial charge is 0.390 e. The molecule has 0 aromatic rings. The van der Waals surface area contributed by atoms with E-state index in [0.29, 0.717) is 6.04 Å². The predicted molar refractivity (Wildman–Crippen MR) is 60.4 cm³/mol. The molecule has 0 aromatic carbocycles. The van der Waals surface area contributed by atoms with Gasteiger partial charge < -0.3 is 10.0 Å².